The molecule has 0 radical (unpaired) electrons. The molecule has 1 fully saturated rings. The fourth-order valence-electron chi connectivity index (χ4n) is 2.64. The van der Waals surface area contributed by atoms with Crippen molar-refractivity contribution in [1.29, 1.82) is 0 Å². The normalized spacial score (nSPS) is 33.0. The van der Waals surface area contributed by atoms with E-state index in [0.717, 1.165) is 17.7 Å². The quantitative estimate of drug-likeness (QED) is 0.712. The zero-order valence-corrected chi connectivity index (χ0v) is 9.63. The van der Waals surface area contributed by atoms with Crippen molar-refractivity contribution in [2.24, 2.45) is 16.4 Å². The van der Waals surface area contributed by atoms with E-state index in [1.807, 2.05) is 6.92 Å². The van der Waals surface area contributed by atoms with E-state index in [2.05, 4.69) is 31.0 Å². The smallest absolute Gasteiger partial charge is 0.144 e. The highest BCUT2D eigenvalue weighted by Crippen LogP contribution is 2.39. The fraction of sp³-hybridized carbons (Fsp3) is 0.667. The van der Waals surface area contributed by atoms with Gasteiger partial charge in [0.05, 0.1) is 17.7 Å². The van der Waals surface area contributed by atoms with Crippen LogP contribution in [0.3, 0.4) is 0 Å². The maximum absolute atomic E-state index is 12.0. The second kappa shape index (κ2) is 3.19. The number of Topliss-reactive ketones (excluding diaryl/α,β-unsaturated/α-hetero) is 1. The van der Waals surface area contributed by atoms with Crippen molar-refractivity contribution >= 4 is 11.5 Å². The van der Waals surface area contributed by atoms with Crippen molar-refractivity contribution in [3.63, 3.8) is 0 Å². The summed E-state index contributed by atoms with van der Waals surface area (Å²) in [6.45, 7) is 10.1. The van der Waals surface area contributed by atoms with Gasteiger partial charge in [-0.15, -0.1) is 0 Å². The van der Waals surface area contributed by atoms with Crippen molar-refractivity contribution in [2.45, 2.75) is 39.7 Å². The number of rotatable bonds is 1. The van der Waals surface area contributed by atoms with Gasteiger partial charge in [-0.25, -0.2) is 0 Å². The molecule has 1 N–H and O–H groups in total. The molecular formula is C12H18N2O. The predicted octanol–water partition coefficient (Wildman–Crippen LogP) is 1.90. The Morgan fingerprint density at radius 2 is 2.27 bits per heavy atom. The third-order valence-corrected chi connectivity index (χ3v) is 3.26. The molecule has 0 spiro atoms. The van der Waals surface area contributed by atoms with Gasteiger partial charge in [-0.3, -0.25) is 4.79 Å². The first-order valence-corrected chi connectivity index (χ1v) is 5.42. The summed E-state index contributed by atoms with van der Waals surface area (Å²) >= 11 is 0. The second-order valence-corrected chi connectivity index (χ2v) is 5.50. The molecule has 0 aromatic carbocycles. The summed E-state index contributed by atoms with van der Waals surface area (Å²) in [6.07, 6.45) is 1.66. The lowest BCUT2D eigenvalue weighted by Gasteiger charge is -2.36. The van der Waals surface area contributed by atoms with E-state index in [1.165, 1.54) is 0 Å². The van der Waals surface area contributed by atoms with Crippen LogP contribution in [0.2, 0.25) is 0 Å². The highest BCUT2D eigenvalue weighted by Gasteiger charge is 2.45. The number of carbonyl (C=O) groups excluding carboxylic acids is 1. The first-order chi connectivity index (χ1) is 6.91. The van der Waals surface area contributed by atoms with Crippen molar-refractivity contribution in [3.8, 4) is 0 Å². The van der Waals surface area contributed by atoms with Crippen molar-refractivity contribution in [1.82, 2.24) is 5.43 Å². The summed E-state index contributed by atoms with van der Waals surface area (Å²) in [5, 5.41) is 4.24. The van der Waals surface area contributed by atoms with Gasteiger partial charge in [-0.05, 0) is 24.3 Å². The third-order valence-electron chi connectivity index (χ3n) is 3.26. The van der Waals surface area contributed by atoms with Crippen LogP contribution < -0.4 is 5.43 Å². The van der Waals surface area contributed by atoms with Crippen LogP contribution in [0.5, 0.6) is 0 Å². The number of nitrogens with zero attached hydrogens (tertiary/aromatic N) is 1. The Kier molecular flexibility index (Phi) is 2.21. The van der Waals surface area contributed by atoms with Crippen LogP contribution >= 0.6 is 0 Å². The maximum Gasteiger partial charge on any atom is 0.144 e. The van der Waals surface area contributed by atoms with Crippen molar-refractivity contribution in [2.75, 3.05) is 0 Å². The monoisotopic (exact) mass is 206 g/mol. The van der Waals surface area contributed by atoms with Gasteiger partial charge in [0, 0.05) is 6.42 Å². The molecule has 1 saturated carbocycles. The Labute approximate surface area is 90.6 Å². The molecule has 2 rings (SSSR count). The van der Waals surface area contributed by atoms with E-state index in [4.69, 9.17) is 0 Å². The zero-order valence-electron chi connectivity index (χ0n) is 9.63. The van der Waals surface area contributed by atoms with Gasteiger partial charge < -0.3 is 5.43 Å². The number of fused-ring (bicyclic) bond motifs is 1. The molecule has 3 nitrogen and oxygen atoms in total. The molecule has 0 bridgehead atoms. The zero-order chi connectivity index (χ0) is 11.2. The van der Waals surface area contributed by atoms with Crippen LogP contribution in [0.25, 0.3) is 0 Å². The van der Waals surface area contributed by atoms with Gasteiger partial charge in [-0.1, -0.05) is 20.4 Å². The van der Waals surface area contributed by atoms with Crippen LogP contribution in [0, 0.1) is 11.3 Å². The molecule has 0 unspecified atom stereocenters. The Bertz CT molecular complexity index is 355. The van der Waals surface area contributed by atoms with E-state index in [9.17, 15) is 4.79 Å². The summed E-state index contributed by atoms with van der Waals surface area (Å²) in [4.78, 5) is 12.0. The first kappa shape index (κ1) is 10.4. The molecule has 3 heteroatoms. The topological polar surface area (TPSA) is 41.5 Å². The third kappa shape index (κ3) is 1.71. The molecule has 15 heavy (non-hydrogen) atoms. The van der Waals surface area contributed by atoms with Crippen LogP contribution in [0.1, 0.15) is 33.6 Å². The largest absolute Gasteiger partial charge is 0.306 e. The Hall–Kier alpha value is -1.12. The maximum atomic E-state index is 12.0. The molecule has 1 aliphatic heterocycles. The highest BCUT2D eigenvalue weighted by molar-refractivity contribution is 6.14. The second-order valence-electron chi connectivity index (χ2n) is 5.50. The minimum absolute atomic E-state index is 0.0458. The van der Waals surface area contributed by atoms with Crippen LogP contribution in [0.4, 0.5) is 0 Å². The summed E-state index contributed by atoms with van der Waals surface area (Å²) in [7, 11) is 0. The van der Waals surface area contributed by atoms with Crippen molar-refractivity contribution in [3.05, 3.63) is 12.2 Å². The Morgan fingerprint density at radius 3 is 2.87 bits per heavy atom. The van der Waals surface area contributed by atoms with E-state index >= 15 is 0 Å². The number of hydrogen-bond acceptors (Lipinski definition) is 3. The summed E-state index contributed by atoms with van der Waals surface area (Å²) < 4.78 is 0. The van der Waals surface area contributed by atoms with E-state index < -0.39 is 0 Å². The average molecular weight is 206 g/mol. The van der Waals surface area contributed by atoms with Crippen LogP contribution in [-0.4, -0.2) is 17.5 Å². The summed E-state index contributed by atoms with van der Waals surface area (Å²) in [5.41, 5.74) is 4.95. The summed E-state index contributed by atoms with van der Waals surface area (Å²) in [5.74, 6) is 0.263. The number of hydrazone groups is 1. The number of nitrogens with one attached hydrogen (secondary N) is 1. The molecule has 2 atom stereocenters. The van der Waals surface area contributed by atoms with Crippen LogP contribution in [0.15, 0.2) is 17.3 Å². The van der Waals surface area contributed by atoms with Gasteiger partial charge >= 0.3 is 0 Å². The number of carbonyl (C=O) groups is 1. The highest BCUT2D eigenvalue weighted by atomic mass is 16.1. The van der Waals surface area contributed by atoms with E-state index in [-0.39, 0.29) is 17.4 Å². The molecule has 0 saturated heterocycles. The average Bonchev–Trinajstić information content (AvgIpc) is 2.45. The Morgan fingerprint density at radius 1 is 1.60 bits per heavy atom. The minimum Gasteiger partial charge on any atom is -0.306 e. The fourth-order valence-corrected chi connectivity index (χ4v) is 2.64. The Balaban J connectivity index is 2.25. The standard InChI is InChI=1S/C12H18N2O/c1-7(2)11-10-8(13-14-11)5-12(3,4)6-9(10)15/h8,10,13H,1,5-6H2,2-4H3/t8-,10+/m1/s1. The van der Waals surface area contributed by atoms with E-state index in [1.54, 1.807) is 0 Å². The molecule has 1 heterocycles. The lowest BCUT2D eigenvalue weighted by Crippen LogP contribution is -2.45. The molecule has 82 valence electrons. The van der Waals surface area contributed by atoms with Gasteiger partial charge in [0.1, 0.15) is 5.78 Å². The summed E-state index contributed by atoms with van der Waals surface area (Å²) in [6, 6.07) is 0.188. The molecule has 1 aliphatic carbocycles. The molecule has 0 aromatic heterocycles. The van der Waals surface area contributed by atoms with Crippen LogP contribution in [-0.2, 0) is 4.79 Å². The first-order valence-electron chi connectivity index (χ1n) is 5.42. The van der Waals surface area contributed by atoms with Gasteiger partial charge in [0.25, 0.3) is 0 Å². The molecule has 0 aromatic rings. The number of allylic oxidation sites excluding steroid dienone is 1. The van der Waals surface area contributed by atoms with E-state index in [0.29, 0.717) is 12.2 Å². The number of hydrogen-bond donors (Lipinski definition) is 1. The lowest BCUT2D eigenvalue weighted by molar-refractivity contribution is -0.126. The minimum atomic E-state index is -0.0458. The molecular weight excluding hydrogens is 188 g/mol. The molecule has 2 aliphatic rings. The van der Waals surface area contributed by atoms with Crippen molar-refractivity contribution < 1.29 is 4.79 Å². The molecule has 0 amide bonds. The number of ketones is 1. The van der Waals surface area contributed by atoms with Gasteiger partial charge in [0.2, 0.25) is 0 Å². The van der Waals surface area contributed by atoms with Gasteiger partial charge in [0.15, 0.2) is 0 Å². The lowest BCUT2D eigenvalue weighted by atomic mass is 9.68. The predicted molar refractivity (Wildman–Crippen MR) is 60.7 cm³/mol. The van der Waals surface area contributed by atoms with Gasteiger partial charge in [-0.2, -0.15) is 5.10 Å². The SMILES string of the molecule is C=C(C)C1=NN[C@@H]2CC(C)(C)CC(=O)[C@@H]12.